The fourth-order valence-corrected chi connectivity index (χ4v) is 6.34. The molecule has 1 aliphatic heterocycles. The van der Waals surface area contributed by atoms with Gasteiger partial charge in [-0.2, -0.15) is 0 Å². The molecule has 0 saturated heterocycles. The number of amides is 1. The molecule has 2 aromatic heterocycles. The number of hydrogen-bond donors (Lipinski definition) is 1. The monoisotopic (exact) mass is 558 g/mol. The third kappa shape index (κ3) is 4.75. The molecule has 204 valence electrons. The quantitative estimate of drug-likeness (QED) is 0.316. The molecule has 0 radical (unpaired) electrons. The number of anilines is 1. The summed E-state index contributed by atoms with van der Waals surface area (Å²) >= 11 is 1.27. The van der Waals surface area contributed by atoms with Gasteiger partial charge in [-0.25, -0.2) is 9.59 Å². The fraction of sp³-hybridized carbons (Fsp3) is 0.267. The summed E-state index contributed by atoms with van der Waals surface area (Å²) in [6.45, 7) is 1.55. The first-order valence-corrected chi connectivity index (χ1v) is 13.7. The number of aromatic nitrogens is 1. The molecule has 0 saturated carbocycles. The van der Waals surface area contributed by atoms with Crippen molar-refractivity contribution in [2.24, 2.45) is 0 Å². The van der Waals surface area contributed by atoms with Gasteiger partial charge >= 0.3 is 11.9 Å². The number of esters is 2. The van der Waals surface area contributed by atoms with E-state index in [0.29, 0.717) is 33.9 Å². The molecule has 3 heterocycles. The van der Waals surface area contributed by atoms with Gasteiger partial charge in [-0.05, 0) is 67.5 Å². The van der Waals surface area contributed by atoms with Crippen molar-refractivity contribution in [2.75, 3.05) is 25.8 Å². The van der Waals surface area contributed by atoms with Gasteiger partial charge < -0.3 is 24.3 Å². The van der Waals surface area contributed by atoms with Crippen molar-refractivity contribution in [2.45, 2.75) is 32.6 Å². The fourth-order valence-electron chi connectivity index (χ4n) is 5.26. The molecule has 0 spiro atoms. The Kier molecular flexibility index (Phi) is 6.85. The minimum Gasteiger partial charge on any atom is -0.465 e. The van der Waals surface area contributed by atoms with Crippen LogP contribution in [0.25, 0.3) is 10.9 Å². The van der Waals surface area contributed by atoms with Crippen LogP contribution in [0.4, 0.5) is 5.00 Å². The van der Waals surface area contributed by atoms with Crippen molar-refractivity contribution in [3.05, 3.63) is 80.9 Å². The zero-order valence-corrected chi connectivity index (χ0v) is 22.8. The highest BCUT2D eigenvalue weighted by molar-refractivity contribution is 7.16. The van der Waals surface area contributed by atoms with E-state index < -0.39 is 24.5 Å². The van der Waals surface area contributed by atoms with Crippen molar-refractivity contribution in [3.63, 3.8) is 0 Å². The van der Waals surface area contributed by atoms with Gasteiger partial charge in [-0.15, -0.1) is 11.3 Å². The van der Waals surface area contributed by atoms with E-state index in [-0.39, 0.29) is 12.4 Å². The molecular formula is C30H26N2O7S. The lowest BCUT2D eigenvalue weighted by Gasteiger charge is -2.12. The molecule has 0 bridgehead atoms. The number of methoxy groups -OCH3 is 1. The molecule has 1 amide bonds. The van der Waals surface area contributed by atoms with Crippen LogP contribution in [0.15, 0.2) is 42.5 Å². The number of hydrogen-bond acceptors (Lipinski definition) is 9. The number of benzene rings is 2. The van der Waals surface area contributed by atoms with Crippen LogP contribution in [-0.2, 0) is 33.5 Å². The van der Waals surface area contributed by atoms with Crippen LogP contribution in [0.5, 0.6) is 11.5 Å². The Bertz CT molecular complexity index is 1680. The standard InChI is InChI=1S/C30H26N2O7S/c1-16-20(12-17-10-11-23-24(13-17)39-15-38-23)27(29(34)36-2)28(40-16)32-25(33)14-37-30(35)26-18-6-3-4-8-21(18)31-22-9-5-7-19(22)26/h3-4,6,8,10-11,13H,5,7,9,12,14-15H2,1-2H3,(H,32,33). The summed E-state index contributed by atoms with van der Waals surface area (Å²) in [5.74, 6) is -0.360. The number of thiophene rings is 1. The number of aryl methyl sites for hydroxylation is 2. The van der Waals surface area contributed by atoms with E-state index in [1.165, 1.54) is 18.4 Å². The Balaban J connectivity index is 1.20. The zero-order chi connectivity index (χ0) is 27.8. The van der Waals surface area contributed by atoms with Gasteiger partial charge in [0.1, 0.15) is 5.00 Å². The van der Waals surface area contributed by atoms with Crippen LogP contribution in [0.2, 0.25) is 0 Å². The SMILES string of the molecule is COC(=O)c1c(NC(=O)COC(=O)c2c3c(nc4ccccc24)CCC3)sc(C)c1Cc1ccc2c(c1)OCO2. The average Bonchev–Trinajstić information content (AvgIpc) is 3.69. The van der Waals surface area contributed by atoms with E-state index in [9.17, 15) is 14.4 Å². The molecule has 0 unspecified atom stereocenters. The summed E-state index contributed by atoms with van der Waals surface area (Å²) in [5, 5.41) is 3.81. The number of carbonyl (C=O) groups is 3. The molecule has 2 aliphatic rings. The second-order valence-corrected chi connectivity index (χ2v) is 10.8. The van der Waals surface area contributed by atoms with Gasteiger partial charge in [-0.3, -0.25) is 9.78 Å². The molecule has 2 aromatic carbocycles. The van der Waals surface area contributed by atoms with Gasteiger partial charge in [0.15, 0.2) is 18.1 Å². The zero-order valence-electron chi connectivity index (χ0n) is 22.0. The number of carbonyl (C=O) groups excluding carboxylic acids is 3. The van der Waals surface area contributed by atoms with Crippen LogP contribution in [0.3, 0.4) is 0 Å². The van der Waals surface area contributed by atoms with Crippen molar-refractivity contribution in [1.82, 2.24) is 4.98 Å². The van der Waals surface area contributed by atoms with E-state index in [1.54, 1.807) is 0 Å². The molecule has 10 heteroatoms. The molecule has 0 fully saturated rings. The molecule has 9 nitrogen and oxygen atoms in total. The minimum absolute atomic E-state index is 0.171. The maximum absolute atomic E-state index is 13.2. The van der Waals surface area contributed by atoms with Crippen LogP contribution >= 0.6 is 11.3 Å². The largest absolute Gasteiger partial charge is 0.465 e. The third-order valence-electron chi connectivity index (χ3n) is 7.13. The first-order chi connectivity index (χ1) is 19.4. The molecular weight excluding hydrogens is 532 g/mol. The van der Waals surface area contributed by atoms with Gasteiger partial charge in [0, 0.05) is 16.0 Å². The topological polar surface area (TPSA) is 113 Å². The molecule has 1 aliphatic carbocycles. The number of pyridine rings is 1. The van der Waals surface area contributed by atoms with Gasteiger partial charge in [0.05, 0.1) is 23.8 Å². The van der Waals surface area contributed by atoms with Gasteiger partial charge in [0.2, 0.25) is 6.79 Å². The normalized spacial score (nSPS) is 13.2. The maximum Gasteiger partial charge on any atom is 0.341 e. The first-order valence-electron chi connectivity index (χ1n) is 12.9. The average molecular weight is 559 g/mol. The summed E-state index contributed by atoms with van der Waals surface area (Å²) in [6.07, 6.45) is 2.90. The van der Waals surface area contributed by atoms with Crippen molar-refractivity contribution >= 4 is 45.1 Å². The summed E-state index contributed by atoms with van der Waals surface area (Å²) in [7, 11) is 1.30. The van der Waals surface area contributed by atoms with E-state index in [1.807, 2.05) is 49.4 Å². The van der Waals surface area contributed by atoms with Crippen LogP contribution < -0.4 is 14.8 Å². The summed E-state index contributed by atoms with van der Waals surface area (Å²) in [6, 6.07) is 13.0. The second-order valence-electron chi connectivity index (χ2n) is 9.60. The molecule has 40 heavy (non-hydrogen) atoms. The minimum atomic E-state index is -0.564. The van der Waals surface area contributed by atoms with E-state index in [2.05, 4.69) is 5.32 Å². The van der Waals surface area contributed by atoms with Gasteiger partial charge in [0.25, 0.3) is 5.91 Å². The molecule has 6 rings (SSSR count). The number of fused-ring (bicyclic) bond motifs is 3. The molecule has 1 N–H and O–H groups in total. The molecule has 0 atom stereocenters. The molecule has 4 aromatic rings. The van der Waals surface area contributed by atoms with E-state index >= 15 is 0 Å². The lowest BCUT2D eigenvalue weighted by Crippen LogP contribution is -2.22. The number of para-hydroxylation sites is 1. The number of nitrogens with zero attached hydrogens (tertiary/aromatic N) is 1. The lowest BCUT2D eigenvalue weighted by atomic mass is 10.0. The Labute approximate surface area is 234 Å². The van der Waals surface area contributed by atoms with Crippen molar-refractivity contribution in [1.29, 1.82) is 0 Å². The van der Waals surface area contributed by atoms with E-state index in [0.717, 1.165) is 52.0 Å². The lowest BCUT2D eigenvalue weighted by molar-refractivity contribution is -0.119. The van der Waals surface area contributed by atoms with Gasteiger partial charge in [-0.1, -0.05) is 24.3 Å². The Morgan fingerprint density at radius 2 is 1.85 bits per heavy atom. The highest BCUT2D eigenvalue weighted by Crippen LogP contribution is 2.38. The van der Waals surface area contributed by atoms with Crippen LogP contribution in [0, 0.1) is 6.92 Å². The summed E-state index contributed by atoms with van der Waals surface area (Å²) in [4.78, 5) is 44.5. The number of rotatable bonds is 7. The Hall–Kier alpha value is -4.44. The van der Waals surface area contributed by atoms with Crippen molar-refractivity contribution < 1.29 is 33.3 Å². The summed E-state index contributed by atoms with van der Waals surface area (Å²) < 4.78 is 21.4. The Morgan fingerprint density at radius 3 is 2.70 bits per heavy atom. The van der Waals surface area contributed by atoms with E-state index in [4.69, 9.17) is 23.9 Å². The Morgan fingerprint density at radius 1 is 1.02 bits per heavy atom. The second kappa shape index (κ2) is 10.6. The maximum atomic E-state index is 13.2. The predicted octanol–water partition coefficient (Wildman–Crippen LogP) is 5.00. The summed E-state index contributed by atoms with van der Waals surface area (Å²) in [5.41, 5.74) is 4.92. The first kappa shape index (κ1) is 25.8. The van der Waals surface area contributed by atoms with Crippen molar-refractivity contribution in [3.8, 4) is 11.5 Å². The number of nitrogens with one attached hydrogen (secondary N) is 1. The highest BCUT2D eigenvalue weighted by atomic mass is 32.1. The van der Waals surface area contributed by atoms with Crippen LogP contribution in [-0.4, -0.2) is 43.3 Å². The smallest absolute Gasteiger partial charge is 0.341 e. The van der Waals surface area contributed by atoms with Crippen LogP contribution in [0.1, 0.15) is 54.4 Å². The number of ether oxygens (including phenoxy) is 4. The predicted molar refractivity (Wildman–Crippen MR) is 148 cm³/mol. The highest BCUT2D eigenvalue weighted by Gasteiger charge is 2.27. The third-order valence-corrected chi connectivity index (χ3v) is 8.19.